The van der Waals surface area contributed by atoms with Crippen molar-refractivity contribution in [3.8, 4) is 0 Å². The SMILES string of the molecule is COC1(C(N)C(C)(C)C)CCC1. The van der Waals surface area contributed by atoms with Crippen LogP contribution in [0.5, 0.6) is 0 Å². The second-order valence-electron chi connectivity index (χ2n) is 4.97. The van der Waals surface area contributed by atoms with E-state index in [1.54, 1.807) is 7.11 Å². The summed E-state index contributed by atoms with van der Waals surface area (Å²) in [5.74, 6) is 0. The maximum absolute atomic E-state index is 6.18. The van der Waals surface area contributed by atoms with E-state index in [4.69, 9.17) is 10.5 Å². The number of hydrogen-bond donors (Lipinski definition) is 1. The molecule has 1 saturated carbocycles. The van der Waals surface area contributed by atoms with Gasteiger partial charge in [0.1, 0.15) is 0 Å². The summed E-state index contributed by atoms with van der Waals surface area (Å²) < 4.78 is 5.54. The van der Waals surface area contributed by atoms with Crippen molar-refractivity contribution in [2.75, 3.05) is 7.11 Å². The molecule has 72 valence electrons. The Bertz CT molecular complexity index is 150. The number of rotatable bonds is 2. The van der Waals surface area contributed by atoms with Gasteiger partial charge < -0.3 is 10.5 Å². The predicted molar refractivity (Wildman–Crippen MR) is 51.0 cm³/mol. The fourth-order valence-electron chi connectivity index (χ4n) is 1.96. The van der Waals surface area contributed by atoms with E-state index in [0.29, 0.717) is 0 Å². The topological polar surface area (TPSA) is 35.2 Å². The molecule has 2 N–H and O–H groups in total. The smallest absolute Gasteiger partial charge is 0.0834 e. The minimum absolute atomic E-state index is 0.0156. The van der Waals surface area contributed by atoms with Crippen LogP contribution in [0, 0.1) is 5.41 Å². The van der Waals surface area contributed by atoms with Gasteiger partial charge in [0.15, 0.2) is 0 Å². The van der Waals surface area contributed by atoms with Crippen molar-refractivity contribution < 1.29 is 4.74 Å². The van der Waals surface area contributed by atoms with Crippen molar-refractivity contribution in [2.45, 2.75) is 51.7 Å². The van der Waals surface area contributed by atoms with Crippen LogP contribution < -0.4 is 5.73 Å². The fourth-order valence-corrected chi connectivity index (χ4v) is 1.96. The first-order chi connectivity index (χ1) is 5.42. The third-order valence-electron chi connectivity index (χ3n) is 3.11. The van der Waals surface area contributed by atoms with Gasteiger partial charge >= 0.3 is 0 Å². The summed E-state index contributed by atoms with van der Waals surface area (Å²) in [6, 6.07) is 0.156. The molecule has 12 heavy (non-hydrogen) atoms. The van der Waals surface area contributed by atoms with Crippen LogP contribution >= 0.6 is 0 Å². The largest absolute Gasteiger partial charge is 0.377 e. The molecule has 0 saturated heterocycles. The molecule has 0 aromatic heterocycles. The third-order valence-corrected chi connectivity index (χ3v) is 3.11. The summed E-state index contributed by atoms with van der Waals surface area (Å²) in [7, 11) is 1.78. The van der Waals surface area contributed by atoms with Gasteiger partial charge in [-0.1, -0.05) is 20.8 Å². The summed E-state index contributed by atoms with van der Waals surface area (Å²) in [5, 5.41) is 0. The van der Waals surface area contributed by atoms with Gasteiger partial charge in [-0.3, -0.25) is 0 Å². The first kappa shape index (κ1) is 10.0. The van der Waals surface area contributed by atoms with Gasteiger partial charge in [-0.2, -0.15) is 0 Å². The summed E-state index contributed by atoms with van der Waals surface area (Å²) in [5.41, 5.74) is 6.31. The van der Waals surface area contributed by atoms with Crippen molar-refractivity contribution in [1.82, 2.24) is 0 Å². The second kappa shape index (κ2) is 3.00. The second-order valence-corrected chi connectivity index (χ2v) is 4.97. The van der Waals surface area contributed by atoms with E-state index in [0.717, 1.165) is 12.8 Å². The highest BCUT2D eigenvalue weighted by atomic mass is 16.5. The molecule has 0 amide bonds. The molecule has 1 rings (SSSR count). The van der Waals surface area contributed by atoms with E-state index < -0.39 is 0 Å². The lowest BCUT2D eigenvalue weighted by Gasteiger charge is -2.49. The Morgan fingerprint density at radius 1 is 1.33 bits per heavy atom. The standard InChI is InChI=1S/C10H21NO/c1-9(2,3)8(11)10(12-4)6-5-7-10/h8H,5-7,11H2,1-4H3. The quantitative estimate of drug-likeness (QED) is 0.689. The van der Waals surface area contributed by atoms with Crippen LogP contribution in [0.2, 0.25) is 0 Å². The van der Waals surface area contributed by atoms with Gasteiger partial charge in [0.05, 0.1) is 5.60 Å². The molecule has 1 fully saturated rings. The monoisotopic (exact) mass is 171 g/mol. The van der Waals surface area contributed by atoms with Crippen molar-refractivity contribution in [2.24, 2.45) is 11.1 Å². The zero-order valence-corrected chi connectivity index (χ0v) is 8.68. The van der Waals surface area contributed by atoms with Crippen molar-refractivity contribution in [1.29, 1.82) is 0 Å². The molecule has 0 spiro atoms. The zero-order valence-electron chi connectivity index (χ0n) is 8.68. The maximum Gasteiger partial charge on any atom is 0.0834 e. The Balaban J connectivity index is 2.67. The number of methoxy groups -OCH3 is 1. The van der Waals surface area contributed by atoms with E-state index >= 15 is 0 Å². The first-order valence-corrected chi connectivity index (χ1v) is 4.73. The third kappa shape index (κ3) is 1.50. The molecule has 0 aromatic rings. The Morgan fingerprint density at radius 2 is 1.83 bits per heavy atom. The van der Waals surface area contributed by atoms with E-state index in [1.807, 2.05) is 0 Å². The Hall–Kier alpha value is -0.0800. The number of nitrogens with two attached hydrogens (primary N) is 1. The highest BCUT2D eigenvalue weighted by Gasteiger charge is 2.47. The molecule has 0 aliphatic heterocycles. The Morgan fingerprint density at radius 3 is 1.92 bits per heavy atom. The van der Waals surface area contributed by atoms with Crippen LogP contribution in [-0.2, 0) is 4.74 Å². The number of hydrogen-bond acceptors (Lipinski definition) is 2. The Labute approximate surface area is 75.5 Å². The van der Waals surface area contributed by atoms with Crippen LogP contribution in [0.3, 0.4) is 0 Å². The van der Waals surface area contributed by atoms with Crippen molar-refractivity contribution >= 4 is 0 Å². The summed E-state index contributed by atoms with van der Waals surface area (Å²) in [6.45, 7) is 6.53. The highest BCUT2D eigenvalue weighted by molar-refractivity contribution is 5.02. The van der Waals surface area contributed by atoms with E-state index in [1.165, 1.54) is 6.42 Å². The molecule has 1 aliphatic rings. The van der Waals surface area contributed by atoms with Gasteiger partial charge in [-0.25, -0.2) is 0 Å². The molecular formula is C10H21NO. The average molecular weight is 171 g/mol. The Kier molecular flexibility index (Phi) is 2.50. The normalized spacial score (nSPS) is 24.8. The van der Waals surface area contributed by atoms with Crippen LogP contribution in [0.4, 0.5) is 0 Å². The van der Waals surface area contributed by atoms with Crippen LogP contribution in [0.1, 0.15) is 40.0 Å². The number of ether oxygens (including phenoxy) is 1. The molecule has 0 aromatic carbocycles. The lowest BCUT2D eigenvalue weighted by molar-refractivity contribution is -0.111. The van der Waals surface area contributed by atoms with Crippen molar-refractivity contribution in [3.63, 3.8) is 0 Å². The molecule has 1 aliphatic carbocycles. The van der Waals surface area contributed by atoms with Gasteiger partial charge in [0.25, 0.3) is 0 Å². The average Bonchev–Trinajstić information content (AvgIpc) is 1.84. The maximum atomic E-state index is 6.18. The van der Waals surface area contributed by atoms with Gasteiger partial charge in [0.2, 0.25) is 0 Å². The lowest BCUT2D eigenvalue weighted by Crippen LogP contribution is -2.59. The minimum Gasteiger partial charge on any atom is -0.377 e. The van der Waals surface area contributed by atoms with E-state index in [-0.39, 0.29) is 17.1 Å². The summed E-state index contributed by atoms with van der Waals surface area (Å²) >= 11 is 0. The van der Waals surface area contributed by atoms with Crippen molar-refractivity contribution in [3.05, 3.63) is 0 Å². The van der Waals surface area contributed by atoms with E-state index in [2.05, 4.69) is 20.8 Å². The molecule has 2 nitrogen and oxygen atoms in total. The molecule has 2 heteroatoms. The molecule has 1 atom stereocenters. The van der Waals surface area contributed by atoms with Gasteiger partial charge in [-0.05, 0) is 24.7 Å². The zero-order chi connectivity index (χ0) is 9.41. The highest BCUT2D eigenvalue weighted by Crippen LogP contribution is 2.42. The molecule has 0 heterocycles. The van der Waals surface area contributed by atoms with Crippen LogP contribution in [0.25, 0.3) is 0 Å². The van der Waals surface area contributed by atoms with Gasteiger partial charge in [0, 0.05) is 13.2 Å². The van der Waals surface area contributed by atoms with Crippen LogP contribution in [0.15, 0.2) is 0 Å². The summed E-state index contributed by atoms with van der Waals surface area (Å²) in [4.78, 5) is 0. The lowest BCUT2D eigenvalue weighted by atomic mass is 9.66. The van der Waals surface area contributed by atoms with E-state index in [9.17, 15) is 0 Å². The van der Waals surface area contributed by atoms with Crippen LogP contribution in [-0.4, -0.2) is 18.8 Å². The fraction of sp³-hybridized carbons (Fsp3) is 1.00. The van der Waals surface area contributed by atoms with Gasteiger partial charge in [-0.15, -0.1) is 0 Å². The minimum atomic E-state index is -0.0156. The molecular weight excluding hydrogens is 150 g/mol. The first-order valence-electron chi connectivity index (χ1n) is 4.73. The molecule has 0 bridgehead atoms. The summed E-state index contributed by atoms with van der Waals surface area (Å²) in [6.07, 6.45) is 3.52. The molecule has 1 unspecified atom stereocenters. The molecule has 0 radical (unpaired) electrons. The predicted octanol–water partition coefficient (Wildman–Crippen LogP) is 1.93.